The molecular weight excluding hydrogens is 310 g/mol. The lowest BCUT2D eigenvalue weighted by atomic mass is 10.1. The van der Waals surface area contributed by atoms with Crippen molar-refractivity contribution in [2.75, 3.05) is 33.2 Å². The van der Waals surface area contributed by atoms with Crippen molar-refractivity contribution in [1.82, 2.24) is 4.90 Å². The number of benzene rings is 1. The molecule has 0 aromatic heterocycles. The van der Waals surface area contributed by atoms with Crippen molar-refractivity contribution in [3.63, 3.8) is 0 Å². The van der Waals surface area contributed by atoms with Crippen molar-refractivity contribution in [3.8, 4) is 11.5 Å². The number of carbonyl (C=O) groups is 1. The first-order valence-corrected chi connectivity index (χ1v) is 8.66. The van der Waals surface area contributed by atoms with Gasteiger partial charge in [0.2, 0.25) is 6.79 Å². The lowest BCUT2D eigenvalue weighted by molar-refractivity contribution is -0.0450. The van der Waals surface area contributed by atoms with Gasteiger partial charge in [0.1, 0.15) is 0 Å². The van der Waals surface area contributed by atoms with Gasteiger partial charge in [-0.1, -0.05) is 0 Å². The Morgan fingerprint density at radius 2 is 2.17 bits per heavy atom. The molecule has 4 rings (SSSR count). The van der Waals surface area contributed by atoms with Gasteiger partial charge in [-0.25, -0.2) is 0 Å². The van der Waals surface area contributed by atoms with Crippen LogP contribution in [0.4, 0.5) is 0 Å². The summed E-state index contributed by atoms with van der Waals surface area (Å²) in [5, 5.41) is 0. The molecule has 1 aromatic carbocycles. The summed E-state index contributed by atoms with van der Waals surface area (Å²) in [6.07, 6.45) is 2.04. The van der Waals surface area contributed by atoms with E-state index in [1.807, 2.05) is 17.9 Å². The standard InChI is InChI=1S/C18H23NO5/c1-2-21-10-12-7-14-16(8-12)22-6-5-19(14)18(20)13-3-4-15-17(9-13)24-11-23-15/h3-4,9,12,14,16H,2,5-8,10-11H2,1H3. The molecule has 0 N–H and O–H groups in total. The largest absolute Gasteiger partial charge is 0.454 e. The molecule has 6 heteroatoms. The monoisotopic (exact) mass is 333 g/mol. The molecule has 0 bridgehead atoms. The lowest BCUT2D eigenvalue weighted by Gasteiger charge is -2.37. The van der Waals surface area contributed by atoms with Gasteiger partial charge < -0.3 is 23.8 Å². The summed E-state index contributed by atoms with van der Waals surface area (Å²) in [6, 6.07) is 5.54. The highest BCUT2D eigenvalue weighted by atomic mass is 16.7. The minimum absolute atomic E-state index is 0.0451. The highest BCUT2D eigenvalue weighted by Crippen LogP contribution is 2.37. The molecule has 2 aliphatic heterocycles. The molecule has 3 aliphatic rings. The molecule has 6 nitrogen and oxygen atoms in total. The van der Waals surface area contributed by atoms with E-state index in [-0.39, 0.29) is 24.8 Å². The molecule has 24 heavy (non-hydrogen) atoms. The quantitative estimate of drug-likeness (QED) is 0.844. The fraction of sp³-hybridized carbons (Fsp3) is 0.611. The topological polar surface area (TPSA) is 57.2 Å². The van der Waals surface area contributed by atoms with Gasteiger partial charge in [-0.2, -0.15) is 0 Å². The van der Waals surface area contributed by atoms with Crippen molar-refractivity contribution >= 4 is 5.91 Å². The predicted octanol–water partition coefficient (Wildman–Crippen LogP) is 2.07. The van der Waals surface area contributed by atoms with Gasteiger partial charge in [0, 0.05) is 25.3 Å². The first-order chi connectivity index (χ1) is 11.8. The van der Waals surface area contributed by atoms with Crippen LogP contribution in [0.5, 0.6) is 11.5 Å². The van der Waals surface area contributed by atoms with E-state index in [1.165, 1.54) is 0 Å². The zero-order valence-electron chi connectivity index (χ0n) is 13.9. The van der Waals surface area contributed by atoms with Crippen LogP contribution in [0.15, 0.2) is 18.2 Å². The molecule has 1 aliphatic carbocycles. The van der Waals surface area contributed by atoms with Crippen LogP contribution < -0.4 is 9.47 Å². The lowest BCUT2D eigenvalue weighted by Crippen LogP contribution is -2.51. The third kappa shape index (κ3) is 2.84. The van der Waals surface area contributed by atoms with E-state index in [2.05, 4.69) is 0 Å². The molecule has 130 valence electrons. The third-order valence-corrected chi connectivity index (χ3v) is 5.07. The van der Waals surface area contributed by atoms with Crippen molar-refractivity contribution in [3.05, 3.63) is 23.8 Å². The van der Waals surface area contributed by atoms with Crippen LogP contribution in [0.1, 0.15) is 30.1 Å². The Bertz CT molecular complexity index is 619. The number of hydrogen-bond acceptors (Lipinski definition) is 5. The first-order valence-electron chi connectivity index (χ1n) is 8.66. The molecule has 1 aromatic rings. The van der Waals surface area contributed by atoms with Crippen molar-refractivity contribution in [2.45, 2.75) is 31.9 Å². The molecule has 2 fully saturated rings. The Hall–Kier alpha value is -1.79. The summed E-state index contributed by atoms with van der Waals surface area (Å²) in [6.45, 7) is 4.93. The summed E-state index contributed by atoms with van der Waals surface area (Å²) >= 11 is 0. The van der Waals surface area contributed by atoms with Crippen LogP contribution in [-0.4, -0.2) is 56.1 Å². The minimum Gasteiger partial charge on any atom is -0.454 e. The number of nitrogens with zero attached hydrogens (tertiary/aromatic N) is 1. The minimum atomic E-state index is 0.0451. The Labute approximate surface area is 141 Å². The number of hydrogen-bond donors (Lipinski definition) is 0. The van der Waals surface area contributed by atoms with Crippen molar-refractivity contribution in [2.24, 2.45) is 5.92 Å². The molecule has 0 radical (unpaired) electrons. The van der Waals surface area contributed by atoms with Crippen LogP contribution in [0.2, 0.25) is 0 Å². The summed E-state index contributed by atoms with van der Waals surface area (Å²) in [5.74, 6) is 1.85. The molecule has 2 heterocycles. The molecule has 3 atom stereocenters. The van der Waals surface area contributed by atoms with Crippen LogP contribution >= 0.6 is 0 Å². The second-order valence-corrected chi connectivity index (χ2v) is 6.54. The number of morpholine rings is 1. The van der Waals surface area contributed by atoms with Crippen LogP contribution in [0, 0.1) is 5.92 Å². The second kappa shape index (κ2) is 6.61. The molecule has 0 spiro atoms. The van der Waals surface area contributed by atoms with Crippen LogP contribution in [0.25, 0.3) is 0 Å². The molecule has 1 amide bonds. The summed E-state index contributed by atoms with van der Waals surface area (Å²) < 4.78 is 22.2. The highest BCUT2D eigenvalue weighted by Gasteiger charge is 2.43. The first kappa shape index (κ1) is 15.7. The van der Waals surface area contributed by atoms with E-state index in [1.54, 1.807) is 12.1 Å². The number of ether oxygens (including phenoxy) is 4. The predicted molar refractivity (Wildman–Crippen MR) is 86.3 cm³/mol. The zero-order chi connectivity index (χ0) is 16.5. The Morgan fingerprint density at radius 3 is 3.04 bits per heavy atom. The Morgan fingerprint density at radius 1 is 1.29 bits per heavy atom. The number of amides is 1. The smallest absolute Gasteiger partial charge is 0.254 e. The van der Waals surface area contributed by atoms with Gasteiger partial charge in [-0.3, -0.25) is 4.79 Å². The fourth-order valence-corrected chi connectivity index (χ4v) is 3.92. The molecule has 1 saturated heterocycles. The molecular formula is C18H23NO5. The van der Waals surface area contributed by atoms with Gasteiger partial charge >= 0.3 is 0 Å². The summed E-state index contributed by atoms with van der Waals surface area (Å²) in [7, 11) is 0. The van der Waals surface area contributed by atoms with E-state index in [0.29, 0.717) is 36.1 Å². The molecule has 3 unspecified atom stereocenters. The second-order valence-electron chi connectivity index (χ2n) is 6.54. The van der Waals surface area contributed by atoms with Gasteiger partial charge in [-0.15, -0.1) is 0 Å². The van der Waals surface area contributed by atoms with Gasteiger partial charge in [0.05, 0.1) is 18.8 Å². The van der Waals surface area contributed by atoms with E-state index in [4.69, 9.17) is 18.9 Å². The number of fused-ring (bicyclic) bond motifs is 2. The zero-order valence-corrected chi connectivity index (χ0v) is 13.9. The number of rotatable bonds is 4. The normalized spacial score (nSPS) is 28.0. The van der Waals surface area contributed by atoms with E-state index in [9.17, 15) is 4.79 Å². The van der Waals surface area contributed by atoms with E-state index < -0.39 is 0 Å². The Balaban J connectivity index is 1.49. The van der Waals surface area contributed by atoms with Gasteiger partial charge in [0.15, 0.2) is 11.5 Å². The van der Waals surface area contributed by atoms with Gasteiger partial charge in [-0.05, 0) is 43.9 Å². The van der Waals surface area contributed by atoms with Crippen molar-refractivity contribution in [1.29, 1.82) is 0 Å². The Kier molecular flexibility index (Phi) is 4.33. The third-order valence-electron chi connectivity index (χ3n) is 5.07. The van der Waals surface area contributed by atoms with E-state index in [0.717, 1.165) is 26.1 Å². The summed E-state index contributed by atoms with van der Waals surface area (Å²) in [4.78, 5) is 15.0. The summed E-state index contributed by atoms with van der Waals surface area (Å²) in [5.41, 5.74) is 0.646. The highest BCUT2D eigenvalue weighted by molar-refractivity contribution is 5.95. The van der Waals surface area contributed by atoms with E-state index >= 15 is 0 Å². The average molecular weight is 333 g/mol. The maximum absolute atomic E-state index is 13.0. The fourth-order valence-electron chi connectivity index (χ4n) is 3.92. The van der Waals surface area contributed by atoms with Crippen LogP contribution in [0.3, 0.4) is 0 Å². The average Bonchev–Trinajstić information content (AvgIpc) is 3.24. The number of carbonyl (C=O) groups excluding carboxylic acids is 1. The molecule has 1 saturated carbocycles. The van der Waals surface area contributed by atoms with Crippen molar-refractivity contribution < 1.29 is 23.7 Å². The SMILES string of the molecule is CCOCC1CC2OCCN(C(=O)c3ccc4c(c3)OCO4)C2C1. The van der Waals surface area contributed by atoms with Gasteiger partial charge in [0.25, 0.3) is 5.91 Å². The maximum Gasteiger partial charge on any atom is 0.254 e. The maximum atomic E-state index is 13.0. The van der Waals surface area contributed by atoms with Crippen LogP contribution in [-0.2, 0) is 9.47 Å².